The second-order valence-corrected chi connectivity index (χ2v) is 8.69. The lowest BCUT2D eigenvalue weighted by atomic mass is 10.1. The van der Waals surface area contributed by atoms with E-state index in [1.54, 1.807) is 24.3 Å². The Morgan fingerprint density at radius 2 is 1.65 bits per heavy atom. The molecule has 0 saturated carbocycles. The summed E-state index contributed by atoms with van der Waals surface area (Å²) in [5.74, 6) is 1.96. The first-order valence-corrected chi connectivity index (χ1v) is 12.2. The average molecular weight is 476 g/mol. The van der Waals surface area contributed by atoms with Crippen molar-refractivity contribution in [3.8, 4) is 5.75 Å². The van der Waals surface area contributed by atoms with Crippen molar-refractivity contribution >= 4 is 28.5 Å². The third-order valence-electron chi connectivity index (χ3n) is 5.74. The number of aryl methyl sites for hydroxylation is 2. The van der Waals surface area contributed by atoms with Gasteiger partial charge in [0.2, 0.25) is 0 Å². The molecule has 0 spiro atoms. The number of nitrogens with zero attached hydrogens (tertiary/aromatic N) is 2. The van der Waals surface area contributed by atoms with Crippen LogP contribution in [0.4, 0.5) is 0 Å². The number of nitrogens with one attached hydrogen (secondary N) is 1. The van der Waals surface area contributed by atoms with Crippen molar-refractivity contribution in [1.82, 2.24) is 14.9 Å². The fraction of sp³-hybridized carbons (Fsp3) is 0.286. The SMILES string of the molecule is O=C(NCCCCCc1nc2ccccc2n1CCCOc1ccccc1)c1ccc(Cl)cc1. The van der Waals surface area contributed by atoms with E-state index in [2.05, 4.69) is 28.1 Å². The largest absolute Gasteiger partial charge is 0.494 e. The molecule has 0 saturated heterocycles. The maximum atomic E-state index is 12.2. The Labute approximate surface area is 205 Å². The zero-order chi connectivity index (χ0) is 23.6. The van der Waals surface area contributed by atoms with Crippen molar-refractivity contribution in [2.75, 3.05) is 13.2 Å². The first kappa shape index (κ1) is 23.8. The third-order valence-corrected chi connectivity index (χ3v) is 5.99. The molecule has 0 atom stereocenters. The van der Waals surface area contributed by atoms with Gasteiger partial charge in [-0.05, 0) is 67.8 Å². The molecule has 5 nitrogen and oxygen atoms in total. The summed E-state index contributed by atoms with van der Waals surface area (Å²) >= 11 is 5.88. The summed E-state index contributed by atoms with van der Waals surface area (Å²) in [7, 11) is 0. The molecule has 4 rings (SSSR count). The summed E-state index contributed by atoms with van der Waals surface area (Å²) in [5, 5.41) is 3.61. The number of para-hydroxylation sites is 3. The number of rotatable bonds is 12. The summed E-state index contributed by atoms with van der Waals surface area (Å²) in [6.45, 7) is 2.21. The van der Waals surface area contributed by atoms with Crippen LogP contribution in [0.25, 0.3) is 11.0 Å². The molecular weight excluding hydrogens is 446 g/mol. The smallest absolute Gasteiger partial charge is 0.251 e. The number of halogens is 1. The predicted octanol–water partition coefficient (Wildman–Crippen LogP) is 6.30. The number of aromatic nitrogens is 2. The lowest BCUT2D eigenvalue weighted by molar-refractivity contribution is 0.0953. The molecule has 1 aromatic heterocycles. The molecule has 0 aliphatic carbocycles. The highest BCUT2D eigenvalue weighted by molar-refractivity contribution is 6.30. The fourth-order valence-electron chi connectivity index (χ4n) is 3.99. The molecule has 34 heavy (non-hydrogen) atoms. The van der Waals surface area contributed by atoms with Gasteiger partial charge in [0, 0.05) is 30.1 Å². The summed E-state index contributed by atoms with van der Waals surface area (Å²) in [6.07, 6.45) is 4.82. The number of amides is 1. The van der Waals surface area contributed by atoms with E-state index < -0.39 is 0 Å². The van der Waals surface area contributed by atoms with Gasteiger partial charge in [-0.25, -0.2) is 4.98 Å². The summed E-state index contributed by atoms with van der Waals surface area (Å²) in [6, 6.07) is 25.2. The molecule has 0 fully saturated rings. The number of fused-ring (bicyclic) bond motifs is 1. The second-order valence-electron chi connectivity index (χ2n) is 8.26. The molecule has 1 N–H and O–H groups in total. The number of carbonyl (C=O) groups is 1. The van der Waals surface area contributed by atoms with E-state index in [-0.39, 0.29) is 5.91 Å². The van der Waals surface area contributed by atoms with Crippen LogP contribution in [0.15, 0.2) is 78.9 Å². The molecule has 0 aliphatic rings. The van der Waals surface area contributed by atoms with Gasteiger partial charge in [-0.3, -0.25) is 4.79 Å². The quantitative estimate of drug-likeness (QED) is 0.244. The zero-order valence-electron chi connectivity index (χ0n) is 19.3. The van der Waals surface area contributed by atoms with Gasteiger partial charge in [-0.1, -0.05) is 48.4 Å². The van der Waals surface area contributed by atoms with E-state index >= 15 is 0 Å². The minimum absolute atomic E-state index is 0.0591. The van der Waals surface area contributed by atoms with Crippen LogP contribution in [-0.2, 0) is 13.0 Å². The minimum atomic E-state index is -0.0591. The van der Waals surface area contributed by atoms with E-state index in [1.165, 1.54) is 5.52 Å². The molecule has 0 radical (unpaired) electrons. The predicted molar refractivity (Wildman–Crippen MR) is 138 cm³/mol. The molecule has 1 heterocycles. The van der Waals surface area contributed by atoms with Crippen molar-refractivity contribution < 1.29 is 9.53 Å². The normalized spacial score (nSPS) is 11.0. The standard InChI is InChI=1S/C28H30ClN3O2/c29-23-17-15-22(16-18-23)28(33)30-19-8-2-5-14-27-31-25-12-6-7-13-26(25)32(27)20-9-21-34-24-10-3-1-4-11-24/h1,3-4,6-7,10-13,15-18H,2,5,8-9,14,19-21H2,(H,30,33). The Morgan fingerprint density at radius 1 is 0.882 bits per heavy atom. The van der Waals surface area contributed by atoms with E-state index in [4.69, 9.17) is 21.3 Å². The topological polar surface area (TPSA) is 56.2 Å². The van der Waals surface area contributed by atoms with E-state index in [1.807, 2.05) is 36.4 Å². The number of unbranched alkanes of at least 4 members (excludes halogenated alkanes) is 2. The maximum Gasteiger partial charge on any atom is 0.251 e. The van der Waals surface area contributed by atoms with Gasteiger partial charge < -0.3 is 14.6 Å². The number of benzene rings is 3. The Bertz CT molecular complexity index is 1190. The number of ether oxygens (including phenoxy) is 1. The van der Waals surface area contributed by atoms with Crippen molar-refractivity contribution in [2.24, 2.45) is 0 Å². The molecule has 176 valence electrons. The van der Waals surface area contributed by atoms with Crippen LogP contribution in [0.2, 0.25) is 5.02 Å². The monoisotopic (exact) mass is 475 g/mol. The Balaban J connectivity index is 1.23. The molecule has 6 heteroatoms. The highest BCUT2D eigenvalue weighted by atomic mass is 35.5. The Hall–Kier alpha value is -3.31. The van der Waals surface area contributed by atoms with Gasteiger partial charge in [0.1, 0.15) is 11.6 Å². The van der Waals surface area contributed by atoms with Gasteiger partial charge >= 0.3 is 0 Å². The van der Waals surface area contributed by atoms with Gasteiger partial charge in [-0.2, -0.15) is 0 Å². The number of hydrogen-bond acceptors (Lipinski definition) is 3. The van der Waals surface area contributed by atoms with Crippen LogP contribution in [0.3, 0.4) is 0 Å². The van der Waals surface area contributed by atoms with Gasteiger partial charge in [-0.15, -0.1) is 0 Å². The lowest BCUT2D eigenvalue weighted by Crippen LogP contribution is -2.24. The zero-order valence-corrected chi connectivity index (χ0v) is 20.0. The van der Waals surface area contributed by atoms with E-state index in [0.717, 1.165) is 55.7 Å². The summed E-state index contributed by atoms with van der Waals surface area (Å²) in [4.78, 5) is 17.1. The van der Waals surface area contributed by atoms with Gasteiger partial charge in [0.25, 0.3) is 5.91 Å². The van der Waals surface area contributed by atoms with Crippen LogP contribution >= 0.6 is 11.6 Å². The molecule has 0 aliphatic heterocycles. The fourth-order valence-corrected chi connectivity index (χ4v) is 4.11. The van der Waals surface area contributed by atoms with Crippen LogP contribution in [0.5, 0.6) is 5.75 Å². The first-order valence-electron chi connectivity index (χ1n) is 11.9. The molecular formula is C28H30ClN3O2. The number of carbonyl (C=O) groups excluding carboxylic acids is 1. The van der Waals surface area contributed by atoms with Crippen molar-refractivity contribution in [1.29, 1.82) is 0 Å². The summed E-state index contributed by atoms with van der Waals surface area (Å²) < 4.78 is 8.19. The Kier molecular flexibility index (Phi) is 8.58. The average Bonchev–Trinajstić information content (AvgIpc) is 3.22. The molecule has 0 unspecified atom stereocenters. The number of imidazole rings is 1. The first-order chi connectivity index (χ1) is 16.7. The molecule has 0 bridgehead atoms. The molecule has 1 amide bonds. The third kappa shape index (κ3) is 6.61. The summed E-state index contributed by atoms with van der Waals surface area (Å²) in [5.41, 5.74) is 2.85. The lowest BCUT2D eigenvalue weighted by Gasteiger charge is -2.11. The number of hydrogen-bond donors (Lipinski definition) is 1. The van der Waals surface area contributed by atoms with Crippen molar-refractivity contribution in [3.05, 3.63) is 95.3 Å². The highest BCUT2D eigenvalue weighted by Gasteiger charge is 2.10. The molecule has 3 aromatic carbocycles. The van der Waals surface area contributed by atoms with E-state index in [9.17, 15) is 4.79 Å². The van der Waals surface area contributed by atoms with Crippen molar-refractivity contribution in [2.45, 2.75) is 38.6 Å². The van der Waals surface area contributed by atoms with Crippen LogP contribution in [0, 0.1) is 0 Å². The van der Waals surface area contributed by atoms with Crippen LogP contribution < -0.4 is 10.1 Å². The van der Waals surface area contributed by atoms with Gasteiger partial charge in [0.15, 0.2) is 0 Å². The van der Waals surface area contributed by atoms with E-state index in [0.29, 0.717) is 23.7 Å². The van der Waals surface area contributed by atoms with Crippen LogP contribution in [0.1, 0.15) is 41.9 Å². The Morgan fingerprint density at radius 3 is 2.47 bits per heavy atom. The van der Waals surface area contributed by atoms with Crippen molar-refractivity contribution in [3.63, 3.8) is 0 Å². The van der Waals surface area contributed by atoms with Crippen LogP contribution in [-0.4, -0.2) is 28.6 Å². The highest BCUT2D eigenvalue weighted by Crippen LogP contribution is 2.19. The van der Waals surface area contributed by atoms with Gasteiger partial charge in [0.05, 0.1) is 17.6 Å². The minimum Gasteiger partial charge on any atom is -0.494 e. The molecule has 4 aromatic rings. The second kappa shape index (κ2) is 12.2. The maximum absolute atomic E-state index is 12.2.